The molecular formula is C38H23N3. The molecule has 41 heavy (non-hydrogen) atoms. The number of nitriles is 2. The average Bonchev–Trinajstić information content (AvgIpc) is 3.04. The molecule has 0 N–H and O–H groups in total. The summed E-state index contributed by atoms with van der Waals surface area (Å²) in [6, 6.07) is 52.4. The standard InChI is InChI=1S/C38H23N3/c39-24-26-5-7-34-22-37(17-13-31(34)19-26)41(38-18-14-32-20-27(25-40)6-8-35(32)23-38)36-15-11-29(12-16-36)33-10-9-28-3-1-2-4-30(28)21-33/h1-23H. The first-order valence-corrected chi connectivity index (χ1v) is 13.5. The second kappa shape index (κ2) is 10.0. The SMILES string of the molecule is N#Cc1ccc2cc(N(c3ccc(-c4ccc5ccccc5c4)cc3)c3ccc4cc(C#N)ccc4c3)ccc2c1. The van der Waals surface area contributed by atoms with Crippen LogP contribution in [-0.4, -0.2) is 0 Å². The molecule has 0 unspecified atom stereocenters. The largest absolute Gasteiger partial charge is 0.310 e. The van der Waals surface area contributed by atoms with E-state index in [2.05, 4.69) is 120 Å². The monoisotopic (exact) mass is 521 g/mol. The zero-order valence-electron chi connectivity index (χ0n) is 22.1. The third kappa shape index (κ3) is 4.53. The lowest BCUT2D eigenvalue weighted by Gasteiger charge is -2.26. The third-order valence-electron chi connectivity index (χ3n) is 7.63. The Balaban J connectivity index is 1.34. The zero-order chi connectivity index (χ0) is 27.8. The summed E-state index contributed by atoms with van der Waals surface area (Å²) in [6.07, 6.45) is 0. The number of hydrogen-bond acceptors (Lipinski definition) is 3. The summed E-state index contributed by atoms with van der Waals surface area (Å²) in [5.74, 6) is 0. The molecule has 190 valence electrons. The van der Waals surface area contributed by atoms with Crippen molar-refractivity contribution in [3.8, 4) is 23.3 Å². The Hall–Kier alpha value is -5.90. The molecule has 3 nitrogen and oxygen atoms in total. The number of benzene rings is 7. The van der Waals surface area contributed by atoms with Crippen LogP contribution in [0.1, 0.15) is 11.1 Å². The lowest BCUT2D eigenvalue weighted by Crippen LogP contribution is -2.10. The molecule has 7 aromatic carbocycles. The van der Waals surface area contributed by atoms with Crippen molar-refractivity contribution >= 4 is 49.4 Å². The highest BCUT2D eigenvalue weighted by Crippen LogP contribution is 2.38. The summed E-state index contributed by atoms with van der Waals surface area (Å²) in [6.45, 7) is 0. The average molecular weight is 522 g/mol. The molecule has 0 atom stereocenters. The van der Waals surface area contributed by atoms with Gasteiger partial charge in [-0.15, -0.1) is 0 Å². The highest BCUT2D eigenvalue weighted by atomic mass is 15.1. The minimum Gasteiger partial charge on any atom is -0.310 e. The van der Waals surface area contributed by atoms with Crippen LogP contribution < -0.4 is 4.90 Å². The van der Waals surface area contributed by atoms with Crippen molar-refractivity contribution in [1.82, 2.24) is 0 Å². The van der Waals surface area contributed by atoms with Crippen LogP contribution in [0.2, 0.25) is 0 Å². The van der Waals surface area contributed by atoms with E-state index in [1.165, 1.54) is 16.3 Å². The van der Waals surface area contributed by atoms with Crippen molar-refractivity contribution in [1.29, 1.82) is 10.5 Å². The van der Waals surface area contributed by atoms with Gasteiger partial charge in [0.1, 0.15) is 0 Å². The van der Waals surface area contributed by atoms with Crippen LogP contribution in [0.3, 0.4) is 0 Å². The van der Waals surface area contributed by atoms with E-state index >= 15 is 0 Å². The van der Waals surface area contributed by atoms with E-state index < -0.39 is 0 Å². The van der Waals surface area contributed by atoms with Crippen LogP contribution in [0.4, 0.5) is 17.1 Å². The Morgan fingerprint density at radius 3 is 1.39 bits per heavy atom. The van der Waals surface area contributed by atoms with E-state index in [-0.39, 0.29) is 0 Å². The van der Waals surface area contributed by atoms with Crippen molar-refractivity contribution in [3.05, 3.63) is 151 Å². The fourth-order valence-electron chi connectivity index (χ4n) is 5.50. The lowest BCUT2D eigenvalue weighted by atomic mass is 10.0. The first-order valence-electron chi connectivity index (χ1n) is 13.5. The molecular weight excluding hydrogens is 498 g/mol. The lowest BCUT2D eigenvalue weighted by molar-refractivity contribution is 1.29. The summed E-state index contributed by atoms with van der Waals surface area (Å²) in [7, 11) is 0. The molecule has 7 rings (SSSR count). The molecule has 0 fully saturated rings. The van der Waals surface area contributed by atoms with Crippen molar-refractivity contribution in [2.75, 3.05) is 4.90 Å². The highest BCUT2D eigenvalue weighted by molar-refractivity contribution is 5.94. The Labute approximate surface area is 238 Å². The molecule has 0 saturated carbocycles. The number of fused-ring (bicyclic) bond motifs is 3. The van der Waals surface area contributed by atoms with Crippen molar-refractivity contribution in [2.24, 2.45) is 0 Å². The zero-order valence-corrected chi connectivity index (χ0v) is 22.1. The highest BCUT2D eigenvalue weighted by Gasteiger charge is 2.15. The van der Waals surface area contributed by atoms with Gasteiger partial charge in [-0.2, -0.15) is 10.5 Å². The first kappa shape index (κ1) is 24.2. The molecule has 3 heteroatoms. The smallest absolute Gasteiger partial charge is 0.0991 e. The molecule has 0 heterocycles. The Bertz CT molecular complexity index is 2080. The Kier molecular flexibility index (Phi) is 5.90. The molecule has 7 aromatic rings. The van der Waals surface area contributed by atoms with Gasteiger partial charge in [-0.05, 0) is 110 Å². The van der Waals surface area contributed by atoms with Gasteiger partial charge in [0.25, 0.3) is 0 Å². The second-order valence-electron chi connectivity index (χ2n) is 10.2. The molecule has 0 aliphatic carbocycles. The van der Waals surface area contributed by atoms with E-state index in [1.54, 1.807) is 0 Å². The maximum atomic E-state index is 9.34. The predicted molar refractivity (Wildman–Crippen MR) is 169 cm³/mol. The van der Waals surface area contributed by atoms with E-state index in [0.717, 1.165) is 44.2 Å². The Morgan fingerprint density at radius 1 is 0.366 bits per heavy atom. The molecule has 0 aliphatic rings. The van der Waals surface area contributed by atoms with Crippen LogP contribution in [-0.2, 0) is 0 Å². The normalized spacial score (nSPS) is 10.9. The van der Waals surface area contributed by atoms with Gasteiger partial charge in [0.05, 0.1) is 23.3 Å². The summed E-state index contributed by atoms with van der Waals surface area (Å²) >= 11 is 0. The van der Waals surface area contributed by atoms with Gasteiger partial charge in [0.2, 0.25) is 0 Å². The maximum absolute atomic E-state index is 9.34. The van der Waals surface area contributed by atoms with E-state index in [1.807, 2.05) is 36.4 Å². The Morgan fingerprint density at radius 2 is 0.805 bits per heavy atom. The van der Waals surface area contributed by atoms with Gasteiger partial charge in [0, 0.05) is 17.1 Å². The van der Waals surface area contributed by atoms with Gasteiger partial charge in [-0.3, -0.25) is 0 Å². The minimum atomic E-state index is 0.651. The number of anilines is 3. The van der Waals surface area contributed by atoms with Crippen LogP contribution in [0.25, 0.3) is 43.4 Å². The van der Waals surface area contributed by atoms with Crippen molar-refractivity contribution < 1.29 is 0 Å². The van der Waals surface area contributed by atoms with Gasteiger partial charge < -0.3 is 4.90 Å². The van der Waals surface area contributed by atoms with Gasteiger partial charge in [-0.1, -0.05) is 72.8 Å². The summed E-state index contributed by atoms with van der Waals surface area (Å²) in [4.78, 5) is 2.25. The number of nitrogens with zero attached hydrogens (tertiary/aromatic N) is 3. The van der Waals surface area contributed by atoms with Gasteiger partial charge in [0.15, 0.2) is 0 Å². The topological polar surface area (TPSA) is 50.8 Å². The van der Waals surface area contributed by atoms with Crippen LogP contribution in [0.15, 0.2) is 140 Å². The van der Waals surface area contributed by atoms with Gasteiger partial charge in [-0.25, -0.2) is 0 Å². The fourth-order valence-corrected chi connectivity index (χ4v) is 5.50. The van der Waals surface area contributed by atoms with Gasteiger partial charge >= 0.3 is 0 Å². The number of rotatable bonds is 4. The summed E-state index contributed by atoms with van der Waals surface area (Å²) < 4.78 is 0. The third-order valence-corrected chi connectivity index (χ3v) is 7.63. The summed E-state index contributed by atoms with van der Waals surface area (Å²) in [5.41, 5.74) is 6.72. The van der Waals surface area contributed by atoms with E-state index in [9.17, 15) is 10.5 Å². The molecule has 0 aliphatic heterocycles. The molecule has 0 saturated heterocycles. The second-order valence-corrected chi connectivity index (χ2v) is 10.2. The molecule has 0 aromatic heterocycles. The quantitative estimate of drug-likeness (QED) is 0.231. The summed E-state index contributed by atoms with van der Waals surface area (Å²) in [5, 5.41) is 25.3. The maximum Gasteiger partial charge on any atom is 0.0991 e. The number of hydrogen-bond donors (Lipinski definition) is 0. The molecule has 0 radical (unpaired) electrons. The molecule has 0 amide bonds. The first-order chi connectivity index (χ1) is 20.2. The van der Waals surface area contributed by atoms with Crippen molar-refractivity contribution in [2.45, 2.75) is 0 Å². The fraction of sp³-hybridized carbons (Fsp3) is 0. The minimum absolute atomic E-state index is 0.651. The van der Waals surface area contributed by atoms with Crippen molar-refractivity contribution in [3.63, 3.8) is 0 Å². The predicted octanol–water partition coefficient (Wildman–Crippen LogP) is 10.0. The van der Waals surface area contributed by atoms with Crippen LogP contribution >= 0.6 is 0 Å². The van der Waals surface area contributed by atoms with E-state index in [0.29, 0.717) is 11.1 Å². The van der Waals surface area contributed by atoms with Crippen LogP contribution in [0.5, 0.6) is 0 Å². The molecule has 0 spiro atoms. The van der Waals surface area contributed by atoms with E-state index in [4.69, 9.17) is 0 Å². The van der Waals surface area contributed by atoms with Crippen LogP contribution in [0, 0.1) is 22.7 Å². The molecule has 0 bridgehead atoms.